The fourth-order valence-corrected chi connectivity index (χ4v) is 4.06. The van der Waals surface area contributed by atoms with Crippen LogP contribution in [0.3, 0.4) is 0 Å². The van der Waals surface area contributed by atoms with Crippen LogP contribution in [0.25, 0.3) is 22.5 Å². The van der Waals surface area contributed by atoms with Crippen LogP contribution in [0.2, 0.25) is 0 Å². The number of fused-ring (bicyclic) bond motifs is 1. The van der Waals surface area contributed by atoms with Gasteiger partial charge in [-0.2, -0.15) is 0 Å². The van der Waals surface area contributed by atoms with E-state index >= 15 is 0 Å². The lowest BCUT2D eigenvalue weighted by atomic mass is 10.00. The van der Waals surface area contributed by atoms with Gasteiger partial charge in [-0.25, -0.2) is 4.98 Å². The van der Waals surface area contributed by atoms with E-state index in [4.69, 9.17) is 4.98 Å². The van der Waals surface area contributed by atoms with Crippen molar-refractivity contribution in [1.29, 1.82) is 0 Å². The molecule has 0 fully saturated rings. The molecule has 0 amide bonds. The zero-order valence-electron chi connectivity index (χ0n) is 15.9. The molecule has 4 rings (SSSR count). The first-order valence-corrected chi connectivity index (χ1v) is 10.1. The Morgan fingerprint density at radius 2 is 1.74 bits per heavy atom. The third-order valence-electron chi connectivity index (χ3n) is 4.73. The highest BCUT2D eigenvalue weighted by Crippen LogP contribution is 2.36. The van der Waals surface area contributed by atoms with Crippen molar-refractivity contribution in [2.45, 2.75) is 45.1 Å². The van der Waals surface area contributed by atoms with Gasteiger partial charge >= 0.3 is 0 Å². The second-order valence-electron chi connectivity index (χ2n) is 7.88. The molecule has 0 saturated carbocycles. The van der Waals surface area contributed by atoms with E-state index in [0.29, 0.717) is 0 Å². The van der Waals surface area contributed by atoms with Crippen molar-refractivity contribution in [2.75, 3.05) is 0 Å². The second-order valence-corrected chi connectivity index (χ2v) is 8.93. The van der Waals surface area contributed by atoms with Crippen molar-refractivity contribution in [1.82, 2.24) is 14.5 Å². The first kappa shape index (κ1) is 18.0. The van der Waals surface area contributed by atoms with E-state index in [0.717, 1.165) is 52.6 Å². The Labute approximate surface area is 164 Å². The first-order chi connectivity index (χ1) is 12.9. The number of carbonyl (C=O) groups is 1. The SMILES string of the molecule is CC(C)(C)C(=O)Sc1ccc(-c2nc3n(c2-c2ccncc2)CCC3)cc1. The summed E-state index contributed by atoms with van der Waals surface area (Å²) in [4.78, 5) is 22.3. The number of rotatable bonds is 3. The molecular weight excluding hydrogens is 354 g/mol. The molecule has 1 aliphatic heterocycles. The molecule has 3 aromatic rings. The van der Waals surface area contributed by atoms with Crippen LogP contribution in [-0.4, -0.2) is 19.7 Å². The van der Waals surface area contributed by atoms with Crippen molar-refractivity contribution in [3.63, 3.8) is 0 Å². The van der Waals surface area contributed by atoms with Crippen molar-refractivity contribution in [3.8, 4) is 22.5 Å². The minimum Gasteiger partial charge on any atom is -0.327 e. The average Bonchev–Trinajstić information content (AvgIpc) is 3.23. The van der Waals surface area contributed by atoms with Gasteiger partial charge in [0, 0.05) is 46.8 Å². The number of nitrogens with zero attached hydrogens (tertiary/aromatic N) is 3. The van der Waals surface area contributed by atoms with Gasteiger partial charge in [0.25, 0.3) is 0 Å². The van der Waals surface area contributed by atoms with E-state index in [-0.39, 0.29) is 10.5 Å². The minimum absolute atomic E-state index is 0.175. The third kappa shape index (κ3) is 3.56. The van der Waals surface area contributed by atoms with E-state index in [1.165, 1.54) is 11.8 Å². The average molecular weight is 378 g/mol. The molecule has 0 radical (unpaired) electrons. The lowest BCUT2D eigenvalue weighted by molar-refractivity contribution is -0.117. The molecule has 138 valence electrons. The molecule has 0 spiro atoms. The van der Waals surface area contributed by atoms with E-state index in [1.807, 2.05) is 57.4 Å². The monoisotopic (exact) mass is 377 g/mol. The van der Waals surface area contributed by atoms with Gasteiger partial charge in [0.15, 0.2) is 5.12 Å². The quantitative estimate of drug-likeness (QED) is 0.587. The largest absolute Gasteiger partial charge is 0.327 e. The number of thioether (sulfide) groups is 1. The number of aromatic nitrogens is 3. The van der Waals surface area contributed by atoms with Crippen molar-refractivity contribution in [2.24, 2.45) is 5.41 Å². The number of benzene rings is 1. The maximum absolute atomic E-state index is 12.3. The van der Waals surface area contributed by atoms with Crippen molar-refractivity contribution >= 4 is 16.9 Å². The van der Waals surface area contributed by atoms with Crippen LogP contribution in [-0.2, 0) is 17.8 Å². The molecule has 0 unspecified atom stereocenters. The standard InChI is InChI=1S/C22H23N3OS/c1-22(2,3)21(26)27-17-8-6-15(7-9-17)19-20(16-10-12-23-13-11-16)25-14-4-5-18(25)24-19/h6-13H,4-5,14H2,1-3H3. The molecule has 4 nitrogen and oxygen atoms in total. The highest BCUT2D eigenvalue weighted by atomic mass is 32.2. The zero-order chi connectivity index (χ0) is 19.0. The summed E-state index contributed by atoms with van der Waals surface area (Å²) < 4.78 is 2.33. The van der Waals surface area contributed by atoms with E-state index in [9.17, 15) is 4.79 Å². The summed E-state index contributed by atoms with van der Waals surface area (Å²) in [5, 5.41) is 0.175. The molecule has 5 heteroatoms. The fourth-order valence-electron chi connectivity index (χ4n) is 3.27. The molecule has 0 atom stereocenters. The number of hydrogen-bond acceptors (Lipinski definition) is 4. The van der Waals surface area contributed by atoms with Crippen molar-refractivity contribution < 1.29 is 4.79 Å². The number of hydrogen-bond donors (Lipinski definition) is 0. The van der Waals surface area contributed by atoms with Gasteiger partial charge in [0.1, 0.15) is 5.82 Å². The number of imidazole rings is 1. The Hall–Kier alpha value is -2.40. The molecule has 2 aromatic heterocycles. The molecule has 27 heavy (non-hydrogen) atoms. The van der Waals surface area contributed by atoms with Crippen LogP contribution >= 0.6 is 11.8 Å². The molecule has 0 N–H and O–H groups in total. The molecule has 3 heterocycles. The molecule has 1 aromatic carbocycles. The van der Waals surface area contributed by atoms with Gasteiger partial charge in [-0.1, -0.05) is 44.7 Å². The predicted molar refractivity (Wildman–Crippen MR) is 110 cm³/mol. The number of pyridine rings is 1. The van der Waals surface area contributed by atoms with Gasteiger partial charge in [-0.15, -0.1) is 0 Å². The molecular formula is C22H23N3OS. The van der Waals surface area contributed by atoms with E-state index in [2.05, 4.69) is 21.7 Å². The van der Waals surface area contributed by atoms with Crippen LogP contribution in [0.5, 0.6) is 0 Å². The molecule has 0 aliphatic carbocycles. The highest BCUT2D eigenvalue weighted by molar-refractivity contribution is 8.13. The van der Waals surface area contributed by atoms with Crippen LogP contribution in [0, 0.1) is 5.41 Å². The molecule has 0 bridgehead atoms. The highest BCUT2D eigenvalue weighted by Gasteiger charge is 2.24. The lowest BCUT2D eigenvalue weighted by Gasteiger charge is -2.15. The van der Waals surface area contributed by atoms with E-state index in [1.54, 1.807) is 0 Å². The summed E-state index contributed by atoms with van der Waals surface area (Å²) in [6.45, 7) is 6.85. The van der Waals surface area contributed by atoms with Gasteiger partial charge in [-0.3, -0.25) is 9.78 Å². The Morgan fingerprint density at radius 1 is 1.04 bits per heavy atom. The van der Waals surface area contributed by atoms with E-state index < -0.39 is 0 Å². The Morgan fingerprint density at radius 3 is 2.41 bits per heavy atom. The minimum atomic E-state index is -0.345. The topological polar surface area (TPSA) is 47.8 Å². The maximum atomic E-state index is 12.3. The Bertz CT molecular complexity index is 969. The molecule has 0 saturated heterocycles. The zero-order valence-corrected chi connectivity index (χ0v) is 16.7. The summed E-state index contributed by atoms with van der Waals surface area (Å²) in [6.07, 6.45) is 5.81. The van der Waals surface area contributed by atoms with Crippen LogP contribution < -0.4 is 0 Å². The first-order valence-electron chi connectivity index (χ1n) is 9.26. The summed E-state index contributed by atoms with van der Waals surface area (Å²) in [7, 11) is 0. The number of carbonyl (C=O) groups excluding carboxylic acids is 1. The van der Waals surface area contributed by atoms with Gasteiger partial charge in [0.2, 0.25) is 0 Å². The lowest BCUT2D eigenvalue weighted by Crippen LogP contribution is -2.16. The fraction of sp³-hybridized carbons (Fsp3) is 0.318. The predicted octanol–water partition coefficient (Wildman–Crippen LogP) is 5.22. The van der Waals surface area contributed by atoms with Gasteiger partial charge in [-0.05, 0) is 30.7 Å². The number of aryl methyl sites for hydroxylation is 1. The van der Waals surface area contributed by atoms with Crippen LogP contribution in [0.15, 0.2) is 53.7 Å². The van der Waals surface area contributed by atoms with Crippen molar-refractivity contribution in [3.05, 3.63) is 54.6 Å². The van der Waals surface area contributed by atoms with Gasteiger partial charge in [0.05, 0.1) is 11.4 Å². The second kappa shape index (κ2) is 6.97. The normalized spacial score (nSPS) is 13.6. The third-order valence-corrected chi connectivity index (χ3v) is 6.04. The molecule has 1 aliphatic rings. The Kier molecular flexibility index (Phi) is 4.64. The summed E-state index contributed by atoms with van der Waals surface area (Å²) in [6, 6.07) is 12.3. The van der Waals surface area contributed by atoms with Crippen LogP contribution in [0.4, 0.5) is 0 Å². The van der Waals surface area contributed by atoms with Crippen LogP contribution in [0.1, 0.15) is 33.0 Å². The summed E-state index contributed by atoms with van der Waals surface area (Å²) in [5.74, 6) is 1.15. The summed E-state index contributed by atoms with van der Waals surface area (Å²) >= 11 is 1.31. The Balaban J connectivity index is 1.69. The maximum Gasteiger partial charge on any atom is 0.198 e. The van der Waals surface area contributed by atoms with Gasteiger partial charge < -0.3 is 4.57 Å². The smallest absolute Gasteiger partial charge is 0.198 e. The summed E-state index contributed by atoms with van der Waals surface area (Å²) in [5.41, 5.74) is 4.05.